The first-order valence-electron chi connectivity index (χ1n) is 6.86. The van der Waals surface area contributed by atoms with Crippen molar-refractivity contribution in [3.63, 3.8) is 0 Å². The second kappa shape index (κ2) is 5.98. The zero-order valence-electron chi connectivity index (χ0n) is 11.5. The number of benzene rings is 1. The van der Waals surface area contributed by atoms with E-state index < -0.39 is 0 Å². The number of rotatable bonds is 3. The third-order valence-corrected chi connectivity index (χ3v) is 4.52. The van der Waals surface area contributed by atoms with E-state index in [9.17, 15) is 4.79 Å². The molecule has 106 valence electrons. The van der Waals surface area contributed by atoms with Crippen LogP contribution in [0.1, 0.15) is 16.1 Å². The minimum Gasteiger partial charge on any atom is -0.347 e. The Hall–Kier alpha value is -2.32. The second-order valence-corrected chi connectivity index (χ2v) is 5.98. The number of amides is 1. The number of carbonyl (C=O) groups excluding carboxylic acids is 1. The average molecular weight is 297 g/mol. The molecule has 0 spiro atoms. The number of hydrogen-bond donors (Lipinski definition) is 1. The summed E-state index contributed by atoms with van der Waals surface area (Å²) >= 11 is 1.45. The molecule has 0 unspecified atom stereocenters. The monoisotopic (exact) mass is 297 g/mol. The summed E-state index contributed by atoms with van der Waals surface area (Å²) in [5.41, 5.74) is 2.18. The molecule has 0 radical (unpaired) electrons. The molecule has 0 aliphatic carbocycles. The van der Waals surface area contributed by atoms with Gasteiger partial charge in [-0.05, 0) is 29.0 Å². The van der Waals surface area contributed by atoms with Crippen LogP contribution in [0.5, 0.6) is 0 Å². The fourth-order valence-electron chi connectivity index (χ4n) is 2.46. The summed E-state index contributed by atoms with van der Waals surface area (Å²) in [4.78, 5) is 14.6. The Labute approximate surface area is 127 Å². The topological polar surface area (TPSA) is 56.1 Å². The molecule has 3 rings (SSSR count). The smallest absolute Gasteiger partial charge is 0.261 e. The third kappa shape index (κ3) is 3.06. The molecule has 1 aliphatic rings. The van der Waals surface area contributed by atoms with Gasteiger partial charge in [-0.2, -0.15) is 5.26 Å². The van der Waals surface area contributed by atoms with E-state index in [0.717, 1.165) is 24.1 Å². The first-order valence-corrected chi connectivity index (χ1v) is 7.74. The maximum Gasteiger partial charge on any atom is 0.261 e. The van der Waals surface area contributed by atoms with Gasteiger partial charge in [0, 0.05) is 19.1 Å². The van der Waals surface area contributed by atoms with Gasteiger partial charge in [0.1, 0.15) is 0 Å². The van der Waals surface area contributed by atoms with Crippen LogP contribution in [-0.4, -0.2) is 29.9 Å². The summed E-state index contributed by atoms with van der Waals surface area (Å²) in [7, 11) is 0. The van der Waals surface area contributed by atoms with E-state index in [1.54, 1.807) is 4.90 Å². The van der Waals surface area contributed by atoms with E-state index >= 15 is 0 Å². The lowest BCUT2D eigenvalue weighted by Crippen LogP contribution is -2.36. The van der Waals surface area contributed by atoms with Crippen molar-refractivity contribution in [3.05, 3.63) is 46.7 Å². The highest BCUT2D eigenvalue weighted by molar-refractivity contribution is 7.12. The van der Waals surface area contributed by atoms with Crippen LogP contribution in [0.4, 0.5) is 0 Å². The Morgan fingerprint density at radius 1 is 1.33 bits per heavy atom. The van der Waals surface area contributed by atoms with Gasteiger partial charge in [-0.15, -0.1) is 11.3 Å². The highest BCUT2D eigenvalue weighted by Gasteiger charge is 2.23. The fourth-order valence-corrected chi connectivity index (χ4v) is 3.28. The van der Waals surface area contributed by atoms with Crippen LogP contribution in [-0.2, 0) is 0 Å². The van der Waals surface area contributed by atoms with E-state index in [4.69, 9.17) is 5.26 Å². The summed E-state index contributed by atoms with van der Waals surface area (Å²) in [5, 5.41) is 13.8. The molecule has 1 saturated heterocycles. The molecule has 21 heavy (non-hydrogen) atoms. The van der Waals surface area contributed by atoms with Crippen LogP contribution in [0.2, 0.25) is 0 Å². The van der Waals surface area contributed by atoms with Gasteiger partial charge in [0.15, 0.2) is 6.19 Å². The van der Waals surface area contributed by atoms with E-state index in [1.165, 1.54) is 11.3 Å². The van der Waals surface area contributed by atoms with Crippen LogP contribution >= 0.6 is 11.3 Å². The number of nitrogens with zero attached hydrogens (tertiary/aromatic N) is 2. The maximum atomic E-state index is 12.2. The second-order valence-electron chi connectivity index (χ2n) is 5.07. The Balaban J connectivity index is 1.67. The van der Waals surface area contributed by atoms with Gasteiger partial charge in [-0.3, -0.25) is 4.79 Å². The van der Waals surface area contributed by atoms with Gasteiger partial charge in [0.2, 0.25) is 0 Å². The number of carbonyl (C=O) groups is 1. The highest BCUT2D eigenvalue weighted by atomic mass is 32.1. The molecule has 1 aromatic carbocycles. The molecule has 2 aromatic rings. The van der Waals surface area contributed by atoms with Crippen molar-refractivity contribution in [2.24, 2.45) is 0 Å². The summed E-state index contributed by atoms with van der Waals surface area (Å²) in [6.07, 6.45) is 2.95. The number of nitrogens with one attached hydrogen (secondary N) is 1. The minimum atomic E-state index is -0.0491. The first kappa shape index (κ1) is 13.7. The summed E-state index contributed by atoms with van der Waals surface area (Å²) in [6, 6.07) is 12.0. The molecule has 0 bridgehead atoms. The Morgan fingerprint density at radius 2 is 2.14 bits per heavy atom. The Kier molecular flexibility index (Phi) is 3.89. The molecular formula is C16H15N3OS. The quantitative estimate of drug-likeness (QED) is 0.886. The predicted molar refractivity (Wildman–Crippen MR) is 82.8 cm³/mol. The average Bonchev–Trinajstić information content (AvgIpc) is 3.17. The largest absolute Gasteiger partial charge is 0.347 e. The zero-order valence-corrected chi connectivity index (χ0v) is 12.3. The molecule has 1 fully saturated rings. The standard InChI is InChI=1S/C16H15N3OS/c17-11-19-7-6-14(9-19)18-16(20)15-8-13(10-21-15)12-4-2-1-3-5-12/h1-5,8,10,14H,6-7,9H2,(H,18,20)/t14-/m1/s1. The minimum absolute atomic E-state index is 0.0491. The van der Waals surface area contributed by atoms with Crippen molar-refractivity contribution >= 4 is 17.2 Å². The van der Waals surface area contributed by atoms with Crippen molar-refractivity contribution in [2.45, 2.75) is 12.5 Å². The van der Waals surface area contributed by atoms with Crippen LogP contribution in [0.3, 0.4) is 0 Å². The first-order chi connectivity index (χ1) is 10.3. The lowest BCUT2D eigenvalue weighted by atomic mass is 10.1. The van der Waals surface area contributed by atoms with Gasteiger partial charge < -0.3 is 10.2 Å². The van der Waals surface area contributed by atoms with Crippen LogP contribution < -0.4 is 5.32 Å². The molecule has 1 aliphatic heterocycles. The normalized spacial score (nSPS) is 17.5. The number of likely N-dealkylation sites (tertiary alicyclic amines) is 1. The predicted octanol–water partition coefficient (Wildman–Crippen LogP) is 2.70. The molecule has 1 atom stereocenters. The number of thiophene rings is 1. The van der Waals surface area contributed by atoms with Gasteiger partial charge in [0.05, 0.1) is 4.88 Å². The highest BCUT2D eigenvalue weighted by Crippen LogP contribution is 2.25. The fraction of sp³-hybridized carbons (Fsp3) is 0.250. The maximum absolute atomic E-state index is 12.2. The molecule has 1 aromatic heterocycles. The zero-order chi connectivity index (χ0) is 14.7. The van der Waals surface area contributed by atoms with E-state index in [2.05, 4.69) is 11.5 Å². The van der Waals surface area contributed by atoms with Gasteiger partial charge in [-0.25, -0.2) is 0 Å². The van der Waals surface area contributed by atoms with Crippen LogP contribution in [0.15, 0.2) is 41.8 Å². The van der Waals surface area contributed by atoms with Crippen molar-refractivity contribution in [3.8, 4) is 17.3 Å². The van der Waals surface area contributed by atoms with Gasteiger partial charge in [-0.1, -0.05) is 30.3 Å². The Bertz CT molecular complexity index is 674. The summed E-state index contributed by atoms with van der Waals surface area (Å²) in [5.74, 6) is -0.0491. The van der Waals surface area contributed by atoms with Crippen molar-refractivity contribution in [1.82, 2.24) is 10.2 Å². The molecule has 1 amide bonds. The summed E-state index contributed by atoms with van der Waals surface area (Å²) in [6.45, 7) is 1.33. The summed E-state index contributed by atoms with van der Waals surface area (Å²) < 4.78 is 0. The molecule has 2 heterocycles. The van der Waals surface area contributed by atoms with Gasteiger partial charge >= 0.3 is 0 Å². The lowest BCUT2D eigenvalue weighted by molar-refractivity contribution is 0.0943. The molecular weight excluding hydrogens is 282 g/mol. The third-order valence-electron chi connectivity index (χ3n) is 3.60. The van der Waals surface area contributed by atoms with E-state index in [1.807, 2.05) is 41.8 Å². The molecule has 4 nitrogen and oxygen atoms in total. The van der Waals surface area contributed by atoms with E-state index in [0.29, 0.717) is 11.4 Å². The number of nitriles is 1. The van der Waals surface area contributed by atoms with E-state index in [-0.39, 0.29) is 11.9 Å². The van der Waals surface area contributed by atoms with Crippen LogP contribution in [0, 0.1) is 11.5 Å². The molecule has 1 N–H and O–H groups in total. The van der Waals surface area contributed by atoms with Gasteiger partial charge in [0.25, 0.3) is 5.91 Å². The lowest BCUT2D eigenvalue weighted by Gasteiger charge is -2.11. The van der Waals surface area contributed by atoms with Crippen LogP contribution in [0.25, 0.3) is 11.1 Å². The SMILES string of the molecule is N#CN1CC[C@@H](NC(=O)c2cc(-c3ccccc3)cs2)C1. The van der Waals surface area contributed by atoms with Crippen molar-refractivity contribution in [2.75, 3.05) is 13.1 Å². The number of hydrogen-bond acceptors (Lipinski definition) is 4. The van der Waals surface area contributed by atoms with Crippen molar-refractivity contribution < 1.29 is 4.79 Å². The van der Waals surface area contributed by atoms with Crippen molar-refractivity contribution in [1.29, 1.82) is 5.26 Å². The Morgan fingerprint density at radius 3 is 2.86 bits per heavy atom. The molecule has 5 heteroatoms. The molecule has 0 saturated carbocycles.